The fourth-order valence-corrected chi connectivity index (χ4v) is 2.59. The van der Waals surface area contributed by atoms with Gasteiger partial charge in [0.25, 0.3) is 0 Å². The van der Waals surface area contributed by atoms with Crippen molar-refractivity contribution in [1.82, 2.24) is 5.32 Å². The molecular formula is C11H20NO11P. The maximum absolute atomic E-state index is 11.3. The molecule has 0 aliphatic carbocycles. The summed E-state index contributed by atoms with van der Waals surface area (Å²) in [5, 5.41) is 30.5. The summed E-state index contributed by atoms with van der Waals surface area (Å²) in [5.41, 5.74) is 0. The van der Waals surface area contributed by atoms with Gasteiger partial charge >= 0.3 is 13.8 Å². The Labute approximate surface area is 136 Å². The predicted molar refractivity (Wildman–Crippen MR) is 74.5 cm³/mol. The lowest BCUT2D eigenvalue weighted by atomic mass is 9.96. The fraction of sp³-hybridized carbons (Fsp3) is 0.818. The van der Waals surface area contributed by atoms with Crippen molar-refractivity contribution in [3.63, 3.8) is 0 Å². The number of amides is 1. The molecule has 0 spiro atoms. The Morgan fingerprint density at radius 2 is 1.96 bits per heavy atom. The lowest BCUT2D eigenvalue weighted by Crippen LogP contribution is -2.65. The number of nitrogens with one attached hydrogen (secondary N) is 1. The van der Waals surface area contributed by atoms with E-state index in [0.29, 0.717) is 0 Å². The van der Waals surface area contributed by atoms with Gasteiger partial charge in [0.05, 0.1) is 6.61 Å². The zero-order chi connectivity index (χ0) is 18.7. The zero-order valence-electron chi connectivity index (χ0n) is 12.8. The van der Waals surface area contributed by atoms with Gasteiger partial charge in [-0.15, -0.1) is 0 Å². The molecule has 0 radical (unpaired) electrons. The van der Waals surface area contributed by atoms with E-state index < -0.39 is 63.1 Å². The number of hydrogen-bond acceptors (Lipinski definition) is 8. The Bertz CT molecular complexity index is 508. The van der Waals surface area contributed by atoms with Crippen molar-refractivity contribution in [2.75, 3.05) is 6.61 Å². The number of aliphatic carboxylic acids is 1. The Hall–Kier alpha value is -1.11. The molecule has 12 nitrogen and oxygen atoms in total. The van der Waals surface area contributed by atoms with Crippen LogP contribution in [-0.4, -0.2) is 80.3 Å². The van der Waals surface area contributed by atoms with Crippen LogP contribution in [0.3, 0.4) is 0 Å². The maximum atomic E-state index is 11.3. The van der Waals surface area contributed by atoms with Crippen molar-refractivity contribution in [1.29, 1.82) is 0 Å². The van der Waals surface area contributed by atoms with Crippen LogP contribution in [0.5, 0.6) is 0 Å². The third kappa shape index (κ3) is 5.76. The average Bonchev–Trinajstić information content (AvgIpc) is 2.43. The molecule has 0 aromatic heterocycles. The van der Waals surface area contributed by atoms with E-state index in [4.69, 9.17) is 24.4 Å². The van der Waals surface area contributed by atoms with E-state index in [1.165, 1.54) is 0 Å². The van der Waals surface area contributed by atoms with Gasteiger partial charge in [0.15, 0.2) is 12.4 Å². The van der Waals surface area contributed by atoms with Crippen LogP contribution in [0.4, 0.5) is 0 Å². The van der Waals surface area contributed by atoms with Gasteiger partial charge in [0, 0.05) is 6.92 Å². The molecule has 140 valence electrons. The van der Waals surface area contributed by atoms with Crippen molar-refractivity contribution < 1.29 is 53.3 Å². The van der Waals surface area contributed by atoms with E-state index in [1.807, 2.05) is 0 Å². The topological polar surface area (TPSA) is 192 Å². The number of aliphatic hydroxyl groups is 2. The van der Waals surface area contributed by atoms with Crippen LogP contribution in [0.15, 0.2) is 0 Å². The number of carbonyl (C=O) groups is 2. The summed E-state index contributed by atoms with van der Waals surface area (Å²) in [7, 11) is -5.06. The summed E-state index contributed by atoms with van der Waals surface area (Å²) in [6.45, 7) is 1.47. The summed E-state index contributed by atoms with van der Waals surface area (Å²) in [5.74, 6) is -2.04. The molecule has 24 heavy (non-hydrogen) atoms. The molecule has 1 unspecified atom stereocenters. The first-order valence-corrected chi connectivity index (χ1v) is 8.33. The first kappa shape index (κ1) is 20.9. The van der Waals surface area contributed by atoms with Gasteiger partial charge in [0.2, 0.25) is 5.91 Å². The van der Waals surface area contributed by atoms with Crippen molar-refractivity contribution in [3.05, 3.63) is 0 Å². The van der Waals surface area contributed by atoms with Crippen LogP contribution in [0.2, 0.25) is 0 Å². The predicted octanol–water partition coefficient (Wildman–Crippen LogP) is -2.46. The lowest BCUT2D eigenvalue weighted by Gasteiger charge is -2.44. The average molecular weight is 373 g/mol. The first-order valence-electron chi connectivity index (χ1n) is 6.80. The molecule has 1 aliphatic heterocycles. The van der Waals surface area contributed by atoms with Crippen molar-refractivity contribution in [2.45, 2.75) is 50.6 Å². The summed E-state index contributed by atoms with van der Waals surface area (Å²) in [6.07, 6.45) is -7.65. The Kier molecular flexibility index (Phi) is 7.25. The van der Waals surface area contributed by atoms with Crippen molar-refractivity contribution >= 4 is 19.7 Å². The highest BCUT2D eigenvalue weighted by molar-refractivity contribution is 7.46. The molecule has 0 aromatic rings. The van der Waals surface area contributed by atoms with Gasteiger partial charge in [-0.3, -0.25) is 9.32 Å². The summed E-state index contributed by atoms with van der Waals surface area (Å²) >= 11 is 0. The highest BCUT2D eigenvalue weighted by Crippen LogP contribution is 2.41. The molecule has 1 aliphatic rings. The number of aliphatic hydroxyl groups excluding tert-OH is 2. The van der Waals surface area contributed by atoms with Gasteiger partial charge in [-0.1, -0.05) is 0 Å². The highest BCUT2D eigenvalue weighted by atomic mass is 31.2. The molecule has 0 aromatic carbocycles. The molecule has 0 bridgehead atoms. The quantitative estimate of drug-likeness (QED) is 0.259. The van der Waals surface area contributed by atoms with E-state index in [1.54, 1.807) is 0 Å². The Morgan fingerprint density at radius 3 is 2.38 bits per heavy atom. The minimum absolute atomic E-state index is 0.672. The van der Waals surface area contributed by atoms with Gasteiger partial charge in [0.1, 0.15) is 24.4 Å². The van der Waals surface area contributed by atoms with E-state index in [2.05, 4.69) is 9.84 Å². The van der Waals surface area contributed by atoms with Crippen LogP contribution in [-0.2, 0) is 28.2 Å². The van der Waals surface area contributed by atoms with Crippen LogP contribution in [0.25, 0.3) is 0 Å². The van der Waals surface area contributed by atoms with Crippen molar-refractivity contribution in [3.8, 4) is 0 Å². The smallest absolute Gasteiger partial charge is 0.472 e. The van der Waals surface area contributed by atoms with Crippen LogP contribution >= 0.6 is 7.82 Å². The number of phosphoric ester groups is 1. The molecular weight excluding hydrogens is 353 g/mol. The van der Waals surface area contributed by atoms with Gasteiger partial charge < -0.3 is 39.9 Å². The normalized spacial score (nSPS) is 32.2. The fourth-order valence-electron chi connectivity index (χ4n) is 2.14. The third-order valence-corrected chi connectivity index (χ3v) is 3.66. The number of carboxylic acids is 1. The molecule has 1 amide bonds. The van der Waals surface area contributed by atoms with E-state index >= 15 is 0 Å². The number of carboxylic acid groups (broad SMARTS) is 1. The third-order valence-electron chi connectivity index (χ3n) is 3.17. The molecule has 1 heterocycles. The van der Waals surface area contributed by atoms with E-state index in [0.717, 1.165) is 13.8 Å². The number of rotatable bonds is 7. The second-order valence-corrected chi connectivity index (χ2v) is 6.31. The number of carbonyl (C=O) groups excluding carboxylic acids is 1. The molecule has 13 heteroatoms. The summed E-state index contributed by atoms with van der Waals surface area (Å²) in [6, 6.07) is -1.44. The van der Waals surface area contributed by atoms with Crippen LogP contribution in [0.1, 0.15) is 13.8 Å². The second-order valence-electron chi connectivity index (χ2n) is 5.12. The largest absolute Gasteiger partial charge is 0.479 e. The number of hydrogen-bond donors (Lipinski definition) is 6. The van der Waals surface area contributed by atoms with Crippen LogP contribution in [0, 0.1) is 0 Å². The summed E-state index contributed by atoms with van der Waals surface area (Å²) < 4.78 is 25.7. The Balaban J connectivity index is 3.15. The molecule has 0 saturated carbocycles. The number of ether oxygens (including phenoxy) is 2. The SMILES string of the molecule is CC(=O)N[C@H]1C(OP(=O)(O)O)O[C@H](CO)[C@@H](O)[C@@H]1O[C@H](C)C(=O)O. The second kappa shape index (κ2) is 8.32. The first-order chi connectivity index (χ1) is 11.0. The molecule has 1 saturated heterocycles. The van der Waals surface area contributed by atoms with E-state index in [-0.39, 0.29) is 0 Å². The van der Waals surface area contributed by atoms with Gasteiger partial charge in [-0.25, -0.2) is 9.36 Å². The monoisotopic (exact) mass is 373 g/mol. The molecule has 6 atom stereocenters. The minimum Gasteiger partial charge on any atom is -0.479 e. The Morgan fingerprint density at radius 1 is 1.38 bits per heavy atom. The molecule has 1 rings (SSSR count). The minimum atomic E-state index is -5.06. The van der Waals surface area contributed by atoms with Gasteiger partial charge in [-0.05, 0) is 6.92 Å². The van der Waals surface area contributed by atoms with E-state index in [9.17, 15) is 24.4 Å². The van der Waals surface area contributed by atoms with Gasteiger partial charge in [-0.2, -0.15) is 0 Å². The maximum Gasteiger partial charge on any atom is 0.472 e. The standard InChI is InChI=1S/C11H20NO11P/c1-4(10(16)17)21-9-7(12-5(2)14)11(23-24(18,19)20)22-6(3-13)8(9)15/h4,6-9,11,13,15H,3H2,1-2H3,(H,12,14)(H,16,17)(H2,18,19,20)/t4-,6-,7-,8-,9-,11?/m1/s1. The van der Waals surface area contributed by atoms with Crippen molar-refractivity contribution in [2.24, 2.45) is 0 Å². The van der Waals surface area contributed by atoms with Crippen LogP contribution < -0.4 is 5.32 Å². The zero-order valence-corrected chi connectivity index (χ0v) is 13.7. The molecule has 6 N–H and O–H groups in total. The summed E-state index contributed by atoms with van der Waals surface area (Å²) in [4.78, 5) is 40.1. The molecule has 1 fully saturated rings. The number of phosphoric acid groups is 1. The lowest BCUT2D eigenvalue weighted by molar-refractivity contribution is -0.262. The highest BCUT2D eigenvalue weighted by Gasteiger charge is 2.49.